The van der Waals surface area contributed by atoms with Gasteiger partial charge in [-0.25, -0.2) is 0 Å². The van der Waals surface area contributed by atoms with E-state index in [0.717, 1.165) is 11.1 Å². The number of halogens is 2. The van der Waals surface area contributed by atoms with Gasteiger partial charge in [-0.15, -0.1) is 0 Å². The summed E-state index contributed by atoms with van der Waals surface area (Å²) in [5.74, 6) is -0.178. The van der Waals surface area contributed by atoms with Crippen molar-refractivity contribution in [2.45, 2.75) is 6.42 Å². The van der Waals surface area contributed by atoms with Gasteiger partial charge < -0.3 is 11.1 Å². The number of nitrogens with two attached hydrogens (primary N) is 1. The Hall–Kier alpha value is -1.62. The molecule has 0 saturated heterocycles. The van der Waals surface area contributed by atoms with Crippen LogP contribution >= 0.6 is 35.4 Å². The fraction of sp³-hybridized carbons (Fsp3) is 0.0667. The van der Waals surface area contributed by atoms with Crippen LogP contribution in [0.4, 0.5) is 5.69 Å². The highest BCUT2D eigenvalue weighted by atomic mass is 35.5. The minimum atomic E-state index is -0.178. The molecule has 0 aliphatic heterocycles. The smallest absolute Gasteiger partial charge is 0.228 e. The fourth-order valence-corrected chi connectivity index (χ4v) is 2.23. The molecular formula is C15H12Cl2N2OS. The Morgan fingerprint density at radius 2 is 1.81 bits per heavy atom. The molecule has 0 aliphatic carbocycles. The van der Waals surface area contributed by atoms with E-state index < -0.39 is 0 Å². The number of benzene rings is 2. The van der Waals surface area contributed by atoms with Gasteiger partial charge in [0.05, 0.1) is 17.1 Å². The Morgan fingerprint density at radius 1 is 1.14 bits per heavy atom. The normalized spacial score (nSPS) is 10.2. The van der Waals surface area contributed by atoms with Crippen molar-refractivity contribution in [1.82, 2.24) is 0 Å². The lowest BCUT2D eigenvalue weighted by atomic mass is 10.1. The van der Waals surface area contributed by atoms with Crippen molar-refractivity contribution >= 4 is 52.0 Å². The number of anilines is 1. The van der Waals surface area contributed by atoms with E-state index in [0.29, 0.717) is 20.7 Å². The van der Waals surface area contributed by atoms with Crippen molar-refractivity contribution in [3.63, 3.8) is 0 Å². The number of carbonyl (C=O) groups is 1. The van der Waals surface area contributed by atoms with Crippen LogP contribution < -0.4 is 11.1 Å². The maximum Gasteiger partial charge on any atom is 0.228 e. The van der Waals surface area contributed by atoms with Gasteiger partial charge >= 0.3 is 0 Å². The summed E-state index contributed by atoms with van der Waals surface area (Å²) in [5.41, 5.74) is 7.64. The van der Waals surface area contributed by atoms with E-state index >= 15 is 0 Å². The van der Waals surface area contributed by atoms with Gasteiger partial charge in [0.25, 0.3) is 0 Å². The van der Waals surface area contributed by atoms with E-state index in [1.807, 2.05) is 12.1 Å². The summed E-state index contributed by atoms with van der Waals surface area (Å²) in [5, 5.41) is 3.68. The molecule has 2 aromatic carbocycles. The van der Waals surface area contributed by atoms with Gasteiger partial charge in [-0.1, -0.05) is 59.7 Å². The number of thiocarbonyl (C=S) groups is 1. The minimum Gasteiger partial charge on any atom is -0.389 e. The molecule has 6 heteroatoms. The molecule has 0 bridgehead atoms. The molecule has 0 saturated carbocycles. The number of hydrogen-bond donors (Lipinski definition) is 2. The Bertz CT molecular complexity index is 687. The van der Waals surface area contributed by atoms with E-state index in [1.165, 1.54) is 0 Å². The second kappa shape index (κ2) is 6.89. The number of carbonyl (C=O) groups excluding carboxylic acids is 1. The van der Waals surface area contributed by atoms with Crippen LogP contribution in [0.5, 0.6) is 0 Å². The fourth-order valence-electron chi connectivity index (χ4n) is 1.76. The van der Waals surface area contributed by atoms with Gasteiger partial charge in [0.1, 0.15) is 4.99 Å². The van der Waals surface area contributed by atoms with Crippen molar-refractivity contribution in [3.8, 4) is 0 Å². The Morgan fingerprint density at radius 3 is 2.43 bits per heavy atom. The summed E-state index contributed by atoms with van der Waals surface area (Å²) < 4.78 is 0. The molecule has 0 aromatic heterocycles. The Labute approximate surface area is 138 Å². The molecule has 2 rings (SSSR count). The van der Waals surface area contributed by atoms with Gasteiger partial charge in [0.2, 0.25) is 5.91 Å². The SMILES string of the molecule is NC(=S)c1ccc(CC(=O)Nc2cc(Cl)ccc2Cl)cc1. The summed E-state index contributed by atoms with van der Waals surface area (Å²) in [4.78, 5) is 12.3. The van der Waals surface area contributed by atoms with Gasteiger partial charge in [0, 0.05) is 10.6 Å². The summed E-state index contributed by atoms with van der Waals surface area (Å²) in [7, 11) is 0. The summed E-state index contributed by atoms with van der Waals surface area (Å²) in [6.45, 7) is 0. The lowest BCUT2D eigenvalue weighted by Gasteiger charge is -2.08. The van der Waals surface area contributed by atoms with Crippen molar-refractivity contribution in [1.29, 1.82) is 0 Å². The molecule has 3 N–H and O–H groups in total. The Kier molecular flexibility index (Phi) is 5.17. The first-order valence-corrected chi connectivity index (χ1v) is 7.26. The molecule has 0 atom stereocenters. The molecular weight excluding hydrogens is 327 g/mol. The maximum atomic E-state index is 12.0. The molecule has 0 spiro atoms. The lowest BCUT2D eigenvalue weighted by Crippen LogP contribution is -2.15. The summed E-state index contributed by atoms with van der Waals surface area (Å²) in [6.07, 6.45) is 0.223. The molecule has 0 heterocycles. The van der Waals surface area contributed by atoms with Crippen LogP contribution in [0, 0.1) is 0 Å². The van der Waals surface area contributed by atoms with Crippen molar-refractivity contribution < 1.29 is 4.79 Å². The highest BCUT2D eigenvalue weighted by Crippen LogP contribution is 2.25. The molecule has 2 aromatic rings. The van der Waals surface area contributed by atoms with Gasteiger partial charge in [-0.2, -0.15) is 0 Å². The predicted octanol–water partition coefficient (Wildman–Crippen LogP) is 3.81. The monoisotopic (exact) mass is 338 g/mol. The number of nitrogens with one attached hydrogen (secondary N) is 1. The topological polar surface area (TPSA) is 55.1 Å². The average molecular weight is 339 g/mol. The highest BCUT2D eigenvalue weighted by molar-refractivity contribution is 7.80. The highest BCUT2D eigenvalue weighted by Gasteiger charge is 2.08. The maximum absolute atomic E-state index is 12.0. The van der Waals surface area contributed by atoms with Crippen LogP contribution in [-0.4, -0.2) is 10.9 Å². The van der Waals surface area contributed by atoms with E-state index in [-0.39, 0.29) is 12.3 Å². The number of amides is 1. The number of hydrogen-bond acceptors (Lipinski definition) is 2. The first kappa shape index (κ1) is 15.8. The third-order valence-corrected chi connectivity index (χ3v) is 3.61. The average Bonchev–Trinajstić information content (AvgIpc) is 2.43. The van der Waals surface area contributed by atoms with Crippen LogP contribution in [-0.2, 0) is 11.2 Å². The first-order chi connectivity index (χ1) is 9.95. The molecule has 0 aliphatic rings. The molecule has 0 radical (unpaired) electrons. The van der Waals surface area contributed by atoms with E-state index in [9.17, 15) is 4.79 Å². The molecule has 0 unspecified atom stereocenters. The van der Waals surface area contributed by atoms with E-state index in [1.54, 1.807) is 30.3 Å². The third kappa shape index (κ3) is 4.43. The van der Waals surface area contributed by atoms with Gasteiger partial charge in [-0.3, -0.25) is 4.79 Å². The van der Waals surface area contributed by atoms with E-state index in [4.69, 9.17) is 41.2 Å². The van der Waals surface area contributed by atoms with Crippen LogP contribution in [0.2, 0.25) is 10.0 Å². The molecule has 21 heavy (non-hydrogen) atoms. The van der Waals surface area contributed by atoms with Crippen molar-refractivity contribution in [2.75, 3.05) is 5.32 Å². The van der Waals surface area contributed by atoms with Crippen molar-refractivity contribution in [3.05, 3.63) is 63.6 Å². The lowest BCUT2D eigenvalue weighted by molar-refractivity contribution is -0.115. The zero-order chi connectivity index (χ0) is 15.4. The van der Waals surface area contributed by atoms with Gasteiger partial charge in [-0.05, 0) is 23.8 Å². The molecule has 1 amide bonds. The Balaban J connectivity index is 2.04. The first-order valence-electron chi connectivity index (χ1n) is 6.09. The van der Waals surface area contributed by atoms with Crippen LogP contribution in [0.3, 0.4) is 0 Å². The van der Waals surface area contributed by atoms with Crippen LogP contribution in [0.25, 0.3) is 0 Å². The summed E-state index contributed by atoms with van der Waals surface area (Å²) in [6, 6.07) is 12.1. The second-order valence-electron chi connectivity index (χ2n) is 4.41. The van der Waals surface area contributed by atoms with Crippen molar-refractivity contribution in [2.24, 2.45) is 5.73 Å². The summed E-state index contributed by atoms with van der Waals surface area (Å²) >= 11 is 16.7. The zero-order valence-corrected chi connectivity index (χ0v) is 13.2. The molecule has 0 fully saturated rings. The van der Waals surface area contributed by atoms with Crippen LogP contribution in [0.15, 0.2) is 42.5 Å². The minimum absolute atomic E-state index is 0.178. The third-order valence-electron chi connectivity index (χ3n) is 2.81. The van der Waals surface area contributed by atoms with E-state index in [2.05, 4.69) is 5.32 Å². The largest absolute Gasteiger partial charge is 0.389 e. The molecule has 3 nitrogen and oxygen atoms in total. The predicted molar refractivity (Wildman–Crippen MR) is 91.1 cm³/mol. The molecule has 108 valence electrons. The van der Waals surface area contributed by atoms with Crippen LogP contribution in [0.1, 0.15) is 11.1 Å². The van der Waals surface area contributed by atoms with Gasteiger partial charge in [0.15, 0.2) is 0 Å². The zero-order valence-electron chi connectivity index (χ0n) is 10.9. The second-order valence-corrected chi connectivity index (χ2v) is 5.69. The standard InChI is InChI=1S/C15H12Cl2N2OS/c16-11-5-6-12(17)13(8-11)19-14(20)7-9-1-3-10(4-2-9)15(18)21/h1-6,8H,7H2,(H2,18,21)(H,19,20). The quantitative estimate of drug-likeness (QED) is 0.833. The number of rotatable bonds is 4.